The van der Waals surface area contributed by atoms with Crippen molar-refractivity contribution in [1.82, 2.24) is 4.90 Å². The SMILES string of the molecule is COc1ccc(N2CCN(CC(O)COCCOc3cccc(OC)c3)CC2)cc1. The van der Waals surface area contributed by atoms with Gasteiger partial charge >= 0.3 is 0 Å². The van der Waals surface area contributed by atoms with E-state index in [9.17, 15) is 5.11 Å². The van der Waals surface area contributed by atoms with Crippen LogP contribution in [0.1, 0.15) is 0 Å². The molecule has 1 heterocycles. The zero-order valence-electron chi connectivity index (χ0n) is 17.8. The quantitative estimate of drug-likeness (QED) is 0.564. The van der Waals surface area contributed by atoms with Crippen molar-refractivity contribution in [2.45, 2.75) is 6.10 Å². The molecule has 30 heavy (non-hydrogen) atoms. The fraction of sp³-hybridized carbons (Fsp3) is 0.478. The van der Waals surface area contributed by atoms with E-state index >= 15 is 0 Å². The molecule has 164 valence electrons. The van der Waals surface area contributed by atoms with Gasteiger partial charge in [0.05, 0.1) is 33.5 Å². The Kier molecular flexibility index (Phi) is 8.62. The number of rotatable bonds is 11. The van der Waals surface area contributed by atoms with Crippen molar-refractivity contribution in [3.8, 4) is 17.2 Å². The summed E-state index contributed by atoms with van der Waals surface area (Å²) in [4.78, 5) is 4.63. The maximum atomic E-state index is 10.3. The number of anilines is 1. The van der Waals surface area contributed by atoms with E-state index in [1.165, 1.54) is 5.69 Å². The molecule has 0 aliphatic carbocycles. The Morgan fingerprint density at radius 3 is 2.27 bits per heavy atom. The highest BCUT2D eigenvalue weighted by Gasteiger charge is 2.19. The number of ether oxygens (including phenoxy) is 4. The van der Waals surface area contributed by atoms with Gasteiger partial charge in [0.1, 0.15) is 23.9 Å². The predicted octanol–water partition coefficient (Wildman–Crippen LogP) is 2.28. The molecule has 7 nitrogen and oxygen atoms in total. The van der Waals surface area contributed by atoms with Crippen molar-refractivity contribution in [2.75, 3.05) is 71.7 Å². The molecule has 0 bridgehead atoms. The molecular weight excluding hydrogens is 384 g/mol. The first-order valence-corrected chi connectivity index (χ1v) is 10.3. The van der Waals surface area contributed by atoms with Gasteiger partial charge in [-0.2, -0.15) is 0 Å². The number of aliphatic hydroxyl groups is 1. The molecule has 0 saturated carbocycles. The maximum Gasteiger partial charge on any atom is 0.123 e. The minimum absolute atomic E-state index is 0.306. The van der Waals surface area contributed by atoms with Gasteiger partial charge in [0.15, 0.2) is 0 Å². The number of benzene rings is 2. The number of hydrogen-bond acceptors (Lipinski definition) is 7. The van der Waals surface area contributed by atoms with Gasteiger partial charge in [-0.15, -0.1) is 0 Å². The van der Waals surface area contributed by atoms with Gasteiger partial charge in [0.2, 0.25) is 0 Å². The van der Waals surface area contributed by atoms with Crippen LogP contribution in [0, 0.1) is 0 Å². The molecule has 1 aliphatic heterocycles. The second-order valence-electron chi connectivity index (χ2n) is 7.24. The molecule has 1 saturated heterocycles. The lowest BCUT2D eigenvalue weighted by atomic mass is 10.2. The summed E-state index contributed by atoms with van der Waals surface area (Å²) < 4.78 is 21.6. The zero-order valence-corrected chi connectivity index (χ0v) is 17.8. The second-order valence-corrected chi connectivity index (χ2v) is 7.24. The van der Waals surface area contributed by atoms with Crippen LogP contribution in [0.2, 0.25) is 0 Å². The molecule has 0 spiro atoms. The van der Waals surface area contributed by atoms with Crippen molar-refractivity contribution < 1.29 is 24.1 Å². The first-order chi connectivity index (χ1) is 14.7. The lowest BCUT2D eigenvalue weighted by Crippen LogP contribution is -2.49. The molecule has 1 unspecified atom stereocenters. The molecular formula is C23H32N2O5. The summed E-state index contributed by atoms with van der Waals surface area (Å²) >= 11 is 0. The Morgan fingerprint density at radius 1 is 0.867 bits per heavy atom. The lowest BCUT2D eigenvalue weighted by Gasteiger charge is -2.36. The number of β-amino-alcohol motifs (C(OH)–C–C–N with tert-alkyl or cyclic N) is 1. The number of nitrogens with zero attached hydrogens (tertiary/aromatic N) is 2. The Labute approximate surface area is 178 Å². The third kappa shape index (κ3) is 6.79. The van der Waals surface area contributed by atoms with E-state index in [2.05, 4.69) is 21.9 Å². The van der Waals surface area contributed by atoms with Crippen LogP contribution in [0.5, 0.6) is 17.2 Å². The largest absolute Gasteiger partial charge is 0.497 e. The van der Waals surface area contributed by atoms with Crippen LogP contribution in [0.4, 0.5) is 5.69 Å². The van der Waals surface area contributed by atoms with Gasteiger partial charge in [-0.05, 0) is 36.4 Å². The van der Waals surface area contributed by atoms with Crippen molar-refractivity contribution >= 4 is 5.69 Å². The van der Waals surface area contributed by atoms with Gasteiger partial charge in [-0.25, -0.2) is 0 Å². The topological polar surface area (TPSA) is 63.6 Å². The molecule has 3 rings (SSSR count). The van der Waals surface area contributed by atoms with Crippen molar-refractivity contribution in [3.63, 3.8) is 0 Å². The fourth-order valence-corrected chi connectivity index (χ4v) is 3.46. The van der Waals surface area contributed by atoms with Gasteiger partial charge < -0.3 is 29.0 Å². The second kappa shape index (κ2) is 11.6. The Morgan fingerprint density at radius 2 is 1.57 bits per heavy atom. The standard InChI is InChI=1S/C23H32N2O5/c1-27-21-8-6-19(7-9-21)25-12-10-24(11-13-25)17-20(26)18-29-14-15-30-23-5-3-4-22(16-23)28-2/h3-9,16,20,26H,10-15,17-18H2,1-2H3. The summed E-state index contributed by atoms with van der Waals surface area (Å²) in [5.74, 6) is 2.37. The smallest absolute Gasteiger partial charge is 0.123 e. The maximum absolute atomic E-state index is 10.3. The van der Waals surface area contributed by atoms with Gasteiger partial charge in [-0.1, -0.05) is 6.07 Å². The van der Waals surface area contributed by atoms with E-state index in [0.717, 1.165) is 43.4 Å². The van der Waals surface area contributed by atoms with Gasteiger partial charge in [-0.3, -0.25) is 4.90 Å². The van der Waals surface area contributed by atoms with Crippen molar-refractivity contribution in [3.05, 3.63) is 48.5 Å². The molecule has 1 N–H and O–H groups in total. The van der Waals surface area contributed by atoms with E-state index in [4.69, 9.17) is 18.9 Å². The van der Waals surface area contributed by atoms with Crippen LogP contribution in [-0.2, 0) is 4.74 Å². The molecule has 1 fully saturated rings. The summed E-state index contributed by atoms with van der Waals surface area (Å²) in [6.45, 7) is 5.50. The first kappa shape index (κ1) is 22.2. The van der Waals surface area contributed by atoms with Gasteiger partial charge in [0, 0.05) is 44.5 Å². The molecule has 0 radical (unpaired) electrons. The van der Waals surface area contributed by atoms with E-state index in [0.29, 0.717) is 26.4 Å². The predicted molar refractivity (Wildman–Crippen MR) is 117 cm³/mol. The summed E-state index contributed by atoms with van der Waals surface area (Å²) in [5.41, 5.74) is 1.20. The zero-order chi connectivity index (χ0) is 21.2. The Bertz CT molecular complexity index is 748. The summed E-state index contributed by atoms with van der Waals surface area (Å²) in [6, 6.07) is 15.6. The molecule has 7 heteroatoms. The number of piperazine rings is 1. The molecule has 1 atom stereocenters. The average molecular weight is 417 g/mol. The highest BCUT2D eigenvalue weighted by molar-refractivity contribution is 5.49. The van der Waals surface area contributed by atoms with Crippen molar-refractivity contribution in [2.24, 2.45) is 0 Å². The Balaban J connectivity index is 1.28. The van der Waals surface area contributed by atoms with Crippen LogP contribution in [0.25, 0.3) is 0 Å². The first-order valence-electron chi connectivity index (χ1n) is 10.3. The third-order valence-electron chi connectivity index (χ3n) is 5.13. The minimum atomic E-state index is -0.505. The molecule has 0 aromatic heterocycles. The third-order valence-corrected chi connectivity index (χ3v) is 5.13. The van der Waals surface area contributed by atoms with E-state index in [1.54, 1.807) is 14.2 Å². The Hall–Kier alpha value is -2.48. The van der Waals surface area contributed by atoms with Crippen molar-refractivity contribution in [1.29, 1.82) is 0 Å². The average Bonchev–Trinajstić information content (AvgIpc) is 2.79. The van der Waals surface area contributed by atoms with Crippen LogP contribution in [0.15, 0.2) is 48.5 Å². The minimum Gasteiger partial charge on any atom is -0.497 e. The summed E-state index contributed by atoms with van der Waals surface area (Å²) in [6.07, 6.45) is -0.505. The van der Waals surface area contributed by atoms with Gasteiger partial charge in [0.25, 0.3) is 0 Å². The molecule has 0 amide bonds. The molecule has 2 aromatic carbocycles. The molecule has 2 aromatic rings. The van der Waals surface area contributed by atoms with Crippen LogP contribution in [-0.4, -0.2) is 82.9 Å². The molecule has 1 aliphatic rings. The van der Waals surface area contributed by atoms with Crippen LogP contribution >= 0.6 is 0 Å². The summed E-state index contributed by atoms with van der Waals surface area (Å²) in [5, 5.41) is 10.3. The summed E-state index contributed by atoms with van der Waals surface area (Å²) in [7, 11) is 3.30. The van der Waals surface area contributed by atoms with Crippen LogP contribution in [0.3, 0.4) is 0 Å². The normalized spacial score (nSPS) is 15.6. The highest BCUT2D eigenvalue weighted by Crippen LogP contribution is 2.21. The monoisotopic (exact) mass is 416 g/mol. The van der Waals surface area contributed by atoms with E-state index in [-0.39, 0.29) is 0 Å². The number of aliphatic hydroxyl groups excluding tert-OH is 1. The number of hydrogen-bond donors (Lipinski definition) is 1. The number of methoxy groups -OCH3 is 2. The van der Waals surface area contributed by atoms with E-state index in [1.807, 2.05) is 36.4 Å². The highest BCUT2D eigenvalue weighted by atomic mass is 16.5. The van der Waals surface area contributed by atoms with E-state index < -0.39 is 6.10 Å². The lowest BCUT2D eigenvalue weighted by molar-refractivity contribution is 0.00717. The fourth-order valence-electron chi connectivity index (χ4n) is 3.46. The van der Waals surface area contributed by atoms with Crippen LogP contribution < -0.4 is 19.1 Å².